The number of hydrogen-bond donors (Lipinski definition) is 1. The first-order chi connectivity index (χ1) is 15.2. The molecule has 0 bridgehead atoms. The number of rotatable bonds is 7. The molecule has 0 radical (unpaired) electrons. The summed E-state index contributed by atoms with van der Waals surface area (Å²) in [6.07, 6.45) is 1.98. The molecular formula is C21H19F3N4O3S. The van der Waals surface area contributed by atoms with E-state index < -0.39 is 18.5 Å². The lowest BCUT2D eigenvalue weighted by Crippen LogP contribution is -2.55. The van der Waals surface area contributed by atoms with E-state index in [2.05, 4.69) is 20.1 Å². The SMILES string of the molecule is CC(C=O)n1nc(-c2cc(OC(F)F)ccc2F)c2ncc(C(=O)NC3(C)CSC3)cc21. The van der Waals surface area contributed by atoms with Crippen LogP contribution in [0, 0.1) is 5.82 Å². The number of amides is 1. The fraction of sp³-hybridized carbons (Fsp3) is 0.333. The van der Waals surface area contributed by atoms with Gasteiger partial charge in [-0.2, -0.15) is 25.6 Å². The van der Waals surface area contributed by atoms with E-state index in [1.165, 1.54) is 16.9 Å². The summed E-state index contributed by atoms with van der Waals surface area (Å²) in [6.45, 7) is 0.448. The standard InChI is InChI=1S/C21H19F3N4O3S/c1-11(8-29)28-16-5-12(19(30)26-21(2)9-32-10-21)7-25-18(16)17(27-28)14-6-13(31-20(23)24)3-4-15(14)22/h3-8,11,20H,9-10H2,1-2H3,(H,26,30). The minimum atomic E-state index is -3.08. The molecule has 1 aromatic carbocycles. The lowest BCUT2D eigenvalue weighted by Gasteiger charge is -2.38. The van der Waals surface area contributed by atoms with Crippen molar-refractivity contribution in [3.8, 4) is 17.0 Å². The van der Waals surface area contributed by atoms with Crippen molar-refractivity contribution in [1.82, 2.24) is 20.1 Å². The number of halogens is 3. The monoisotopic (exact) mass is 464 g/mol. The third-order valence-corrected chi connectivity index (χ3v) is 6.75. The molecular weight excluding hydrogens is 445 g/mol. The van der Waals surface area contributed by atoms with E-state index in [9.17, 15) is 22.8 Å². The van der Waals surface area contributed by atoms with Crippen LogP contribution in [0.1, 0.15) is 30.2 Å². The van der Waals surface area contributed by atoms with E-state index in [0.29, 0.717) is 11.8 Å². The summed E-state index contributed by atoms with van der Waals surface area (Å²) in [5.41, 5.74) is 0.436. The van der Waals surface area contributed by atoms with E-state index in [4.69, 9.17) is 0 Å². The Balaban J connectivity index is 1.81. The Labute approximate surface area is 185 Å². The molecule has 0 saturated carbocycles. The highest BCUT2D eigenvalue weighted by Crippen LogP contribution is 2.33. The number of carbonyl (C=O) groups excluding carboxylic acids is 2. The summed E-state index contributed by atoms with van der Waals surface area (Å²) < 4.78 is 45.5. The van der Waals surface area contributed by atoms with Gasteiger partial charge in [0, 0.05) is 23.3 Å². The van der Waals surface area contributed by atoms with Gasteiger partial charge in [0.1, 0.15) is 35.1 Å². The van der Waals surface area contributed by atoms with Crippen LogP contribution in [0.3, 0.4) is 0 Å². The third kappa shape index (κ3) is 4.16. The summed E-state index contributed by atoms with van der Waals surface area (Å²) in [4.78, 5) is 28.5. The largest absolute Gasteiger partial charge is 0.435 e. The Morgan fingerprint density at radius 3 is 2.72 bits per heavy atom. The highest BCUT2D eigenvalue weighted by atomic mass is 32.2. The lowest BCUT2D eigenvalue weighted by atomic mass is 10.1. The highest BCUT2D eigenvalue weighted by molar-refractivity contribution is 8.00. The van der Waals surface area contributed by atoms with Crippen LogP contribution in [-0.2, 0) is 4.79 Å². The van der Waals surface area contributed by atoms with E-state index >= 15 is 0 Å². The smallest absolute Gasteiger partial charge is 0.387 e. The second kappa shape index (κ2) is 8.45. The van der Waals surface area contributed by atoms with Gasteiger partial charge in [-0.05, 0) is 38.1 Å². The number of nitrogens with one attached hydrogen (secondary N) is 1. The van der Waals surface area contributed by atoms with Gasteiger partial charge >= 0.3 is 6.61 Å². The molecule has 168 valence electrons. The fourth-order valence-electron chi connectivity index (χ4n) is 3.38. The number of nitrogens with zero attached hydrogens (tertiary/aromatic N) is 3. The Kier molecular flexibility index (Phi) is 5.85. The van der Waals surface area contributed by atoms with E-state index in [-0.39, 0.29) is 39.5 Å². The molecule has 2 aromatic heterocycles. The molecule has 3 heterocycles. The predicted octanol–water partition coefficient (Wildman–Crippen LogP) is 3.83. The number of aldehydes is 1. The van der Waals surface area contributed by atoms with Crippen LogP contribution in [0.15, 0.2) is 30.5 Å². The van der Waals surface area contributed by atoms with Crippen molar-refractivity contribution in [3.63, 3.8) is 0 Å². The van der Waals surface area contributed by atoms with Crippen molar-refractivity contribution < 1.29 is 27.5 Å². The number of carbonyl (C=O) groups is 2. The summed E-state index contributed by atoms with van der Waals surface area (Å²) >= 11 is 1.72. The van der Waals surface area contributed by atoms with Crippen molar-refractivity contribution in [2.75, 3.05) is 11.5 Å². The second-order valence-corrected chi connectivity index (χ2v) is 8.77. The van der Waals surface area contributed by atoms with Crippen molar-refractivity contribution in [2.45, 2.75) is 32.0 Å². The summed E-state index contributed by atoms with van der Waals surface area (Å²) in [5.74, 6) is 0.305. The number of fused-ring (bicyclic) bond motifs is 1. The maximum atomic E-state index is 14.6. The van der Waals surface area contributed by atoms with Crippen LogP contribution < -0.4 is 10.1 Å². The number of benzene rings is 1. The van der Waals surface area contributed by atoms with Crippen molar-refractivity contribution in [2.24, 2.45) is 0 Å². The maximum Gasteiger partial charge on any atom is 0.387 e. The van der Waals surface area contributed by atoms with E-state index in [1.54, 1.807) is 18.7 Å². The van der Waals surface area contributed by atoms with Gasteiger partial charge in [0.05, 0.1) is 16.6 Å². The number of hydrogen-bond acceptors (Lipinski definition) is 6. The molecule has 7 nitrogen and oxygen atoms in total. The van der Waals surface area contributed by atoms with E-state index in [0.717, 1.165) is 29.7 Å². The lowest BCUT2D eigenvalue weighted by molar-refractivity contribution is -0.110. The molecule has 3 aromatic rings. The molecule has 0 spiro atoms. The first-order valence-electron chi connectivity index (χ1n) is 9.69. The van der Waals surface area contributed by atoms with Crippen LogP contribution in [0.4, 0.5) is 13.2 Å². The Hall–Kier alpha value is -3.08. The molecule has 4 rings (SSSR count). The van der Waals surface area contributed by atoms with Crippen LogP contribution in [0.2, 0.25) is 0 Å². The zero-order valence-electron chi connectivity index (χ0n) is 17.1. The average molecular weight is 464 g/mol. The number of thioether (sulfide) groups is 1. The summed E-state index contributed by atoms with van der Waals surface area (Å²) in [5, 5.41) is 7.28. The molecule has 1 atom stereocenters. The van der Waals surface area contributed by atoms with Crippen LogP contribution in [0.5, 0.6) is 5.75 Å². The zero-order valence-corrected chi connectivity index (χ0v) is 18.0. The van der Waals surface area contributed by atoms with Crippen molar-refractivity contribution in [3.05, 3.63) is 41.8 Å². The first kappa shape index (κ1) is 22.1. The second-order valence-electron chi connectivity index (χ2n) is 7.79. The van der Waals surface area contributed by atoms with Gasteiger partial charge < -0.3 is 14.8 Å². The van der Waals surface area contributed by atoms with Gasteiger partial charge in [-0.25, -0.2) is 4.39 Å². The van der Waals surface area contributed by atoms with Gasteiger partial charge in [0.15, 0.2) is 0 Å². The molecule has 1 aliphatic heterocycles. The van der Waals surface area contributed by atoms with Crippen LogP contribution >= 0.6 is 11.8 Å². The molecule has 1 fully saturated rings. The third-order valence-electron chi connectivity index (χ3n) is 5.07. The molecule has 11 heteroatoms. The predicted molar refractivity (Wildman–Crippen MR) is 114 cm³/mol. The first-order valence-corrected chi connectivity index (χ1v) is 10.8. The molecule has 1 aliphatic rings. The Morgan fingerprint density at radius 2 is 2.09 bits per heavy atom. The van der Waals surface area contributed by atoms with E-state index in [1.807, 2.05) is 6.92 Å². The minimum absolute atomic E-state index is 0.0419. The maximum absolute atomic E-state index is 14.6. The quantitative estimate of drug-likeness (QED) is 0.535. The highest BCUT2D eigenvalue weighted by Gasteiger charge is 2.34. The molecule has 32 heavy (non-hydrogen) atoms. The average Bonchev–Trinajstić information content (AvgIpc) is 3.11. The van der Waals surface area contributed by atoms with Crippen LogP contribution in [-0.4, -0.2) is 50.6 Å². The zero-order chi connectivity index (χ0) is 23.0. The number of aromatic nitrogens is 3. The topological polar surface area (TPSA) is 86.1 Å². The van der Waals surface area contributed by atoms with Crippen molar-refractivity contribution >= 4 is 35.0 Å². The van der Waals surface area contributed by atoms with Gasteiger partial charge in [0.2, 0.25) is 0 Å². The van der Waals surface area contributed by atoms with Gasteiger partial charge in [-0.3, -0.25) is 14.5 Å². The number of ether oxygens (including phenoxy) is 1. The summed E-state index contributed by atoms with van der Waals surface area (Å²) in [7, 11) is 0. The summed E-state index contributed by atoms with van der Waals surface area (Å²) in [6, 6.07) is 3.95. The molecule has 1 saturated heterocycles. The van der Waals surface area contributed by atoms with Crippen molar-refractivity contribution in [1.29, 1.82) is 0 Å². The van der Waals surface area contributed by atoms with Crippen LogP contribution in [0.25, 0.3) is 22.3 Å². The molecule has 1 N–H and O–H groups in total. The molecule has 1 amide bonds. The minimum Gasteiger partial charge on any atom is -0.435 e. The number of alkyl halides is 2. The molecule has 0 aliphatic carbocycles. The van der Waals surface area contributed by atoms with Gasteiger partial charge in [-0.15, -0.1) is 0 Å². The Bertz CT molecular complexity index is 1200. The molecule has 1 unspecified atom stereocenters. The normalized spacial score (nSPS) is 15.9. The number of pyridine rings is 1. The fourth-order valence-corrected chi connectivity index (χ4v) is 4.34. The van der Waals surface area contributed by atoms with Gasteiger partial charge in [-0.1, -0.05) is 0 Å². The van der Waals surface area contributed by atoms with Gasteiger partial charge in [0.25, 0.3) is 5.91 Å². The Morgan fingerprint density at radius 1 is 1.34 bits per heavy atom.